The molecular formula is C20H17ClN4OS. The molecule has 4 rings (SSSR count). The molecule has 0 saturated heterocycles. The lowest BCUT2D eigenvalue weighted by atomic mass is 10.1. The molecule has 0 aliphatic rings. The van der Waals surface area contributed by atoms with Gasteiger partial charge in [0.05, 0.1) is 10.7 Å². The van der Waals surface area contributed by atoms with Gasteiger partial charge in [0.15, 0.2) is 10.8 Å². The van der Waals surface area contributed by atoms with Crippen LogP contribution in [0.25, 0.3) is 16.0 Å². The third-order valence-electron chi connectivity index (χ3n) is 4.51. The summed E-state index contributed by atoms with van der Waals surface area (Å²) in [5.74, 6) is 0. The molecule has 0 fully saturated rings. The maximum atomic E-state index is 13.0. The first-order chi connectivity index (χ1) is 12.9. The van der Waals surface area contributed by atoms with Gasteiger partial charge in [-0.3, -0.25) is 9.36 Å². The van der Waals surface area contributed by atoms with Crippen LogP contribution >= 0.6 is 22.9 Å². The van der Waals surface area contributed by atoms with Crippen molar-refractivity contribution < 1.29 is 0 Å². The van der Waals surface area contributed by atoms with Crippen molar-refractivity contribution in [1.82, 2.24) is 14.5 Å². The Morgan fingerprint density at radius 3 is 2.63 bits per heavy atom. The second-order valence-corrected chi connectivity index (χ2v) is 7.83. The monoisotopic (exact) mass is 396 g/mol. The number of halogens is 1. The van der Waals surface area contributed by atoms with Gasteiger partial charge >= 0.3 is 0 Å². The van der Waals surface area contributed by atoms with Gasteiger partial charge in [-0.25, -0.2) is 4.98 Å². The molecule has 0 spiro atoms. The number of aryl methyl sites for hydroxylation is 3. The molecule has 0 radical (unpaired) electrons. The van der Waals surface area contributed by atoms with Crippen molar-refractivity contribution in [3.63, 3.8) is 0 Å². The predicted octanol–water partition coefficient (Wildman–Crippen LogP) is 5.16. The average Bonchev–Trinajstić information content (AvgIpc) is 3.03. The van der Waals surface area contributed by atoms with Crippen LogP contribution in [0.4, 0.5) is 10.8 Å². The Bertz CT molecular complexity index is 1210. The minimum atomic E-state index is -0.179. The number of para-hydroxylation sites is 1. The normalized spacial score (nSPS) is 11.1. The highest BCUT2D eigenvalue weighted by Gasteiger charge is 2.15. The van der Waals surface area contributed by atoms with E-state index in [1.54, 1.807) is 6.07 Å². The summed E-state index contributed by atoms with van der Waals surface area (Å²) in [4.78, 5) is 21.8. The lowest BCUT2D eigenvalue weighted by Crippen LogP contribution is -2.19. The quantitative estimate of drug-likeness (QED) is 0.519. The van der Waals surface area contributed by atoms with E-state index in [0.29, 0.717) is 26.2 Å². The van der Waals surface area contributed by atoms with Crippen molar-refractivity contribution in [1.29, 1.82) is 0 Å². The Labute approximate surface area is 165 Å². The maximum absolute atomic E-state index is 13.0. The molecule has 0 saturated carbocycles. The van der Waals surface area contributed by atoms with Crippen LogP contribution in [0.15, 0.2) is 47.5 Å². The van der Waals surface area contributed by atoms with Gasteiger partial charge in [0, 0.05) is 5.69 Å². The van der Waals surface area contributed by atoms with Crippen molar-refractivity contribution in [3.8, 4) is 5.69 Å². The highest BCUT2D eigenvalue weighted by atomic mass is 35.5. The minimum Gasteiger partial charge on any atom is -0.331 e. The molecule has 0 bridgehead atoms. The molecule has 0 atom stereocenters. The molecule has 1 N–H and O–H groups in total. The Kier molecular flexibility index (Phi) is 4.45. The SMILES string of the molecule is Cc1ccc(Nc2nc3ncn(-c4c(C)cccc4Cl)c(=O)c3s2)cc1C. The van der Waals surface area contributed by atoms with Crippen LogP contribution in [-0.4, -0.2) is 14.5 Å². The van der Waals surface area contributed by atoms with E-state index in [9.17, 15) is 4.79 Å². The number of benzene rings is 2. The molecule has 5 nitrogen and oxygen atoms in total. The molecule has 27 heavy (non-hydrogen) atoms. The molecule has 2 aromatic heterocycles. The van der Waals surface area contributed by atoms with E-state index in [1.807, 2.05) is 25.1 Å². The zero-order valence-electron chi connectivity index (χ0n) is 15.1. The van der Waals surface area contributed by atoms with E-state index in [-0.39, 0.29) is 5.56 Å². The van der Waals surface area contributed by atoms with Gasteiger partial charge in [-0.1, -0.05) is 41.1 Å². The minimum absolute atomic E-state index is 0.179. The van der Waals surface area contributed by atoms with Crippen molar-refractivity contribution in [3.05, 3.63) is 74.8 Å². The van der Waals surface area contributed by atoms with E-state index in [2.05, 4.69) is 41.3 Å². The van der Waals surface area contributed by atoms with E-state index < -0.39 is 0 Å². The van der Waals surface area contributed by atoms with Crippen LogP contribution in [0.2, 0.25) is 5.02 Å². The van der Waals surface area contributed by atoms with Gasteiger partial charge in [0.25, 0.3) is 5.56 Å². The van der Waals surface area contributed by atoms with Crippen LogP contribution in [0.3, 0.4) is 0 Å². The zero-order valence-corrected chi connectivity index (χ0v) is 16.6. The largest absolute Gasteiger partial charge is 0.331 e. The number of hydrogen-bond acceptors (Lipinski definition) is 5. The molecule has 0 unspecified atom stereocenters. The summed E-state index contributed by atoms with van der Waals surface area (Å²) >= 11 is 7.60. The summed E-state index contributed by atoms with van der Waals surface area (Å²) in [6.07, 6.45) is 1.48. The van der Waals surface area contributed by atoms with Crippen LogP contribution in [0, 0.1) is 20.8 Å². The van der Waals surface area contributed by atoms with Crippen LogP contribution in [0.5, 0.6) is 0 Å². The Balaban J connectivity index is 1.78. The van der Waals surface area contributed by atoms with E-state index >= 15 is 0 Å². The van der Waals surface area contributed by atoms with E-state index in [4.69, 9.17) is 11.6 Å². The fraction of sp³-hybridized carbons (Fsp3) is 0.150. The van der Waals surface area contributed by atoms with Gasteiger partial charge in [0.2, 0.25) is 0 Å². The molecule has 2 aromatic carbocycles. The fourth-order valence-corrected chi connectivity index (χ4v) is 4.08. The van der Waals surface area contributed by atoms with Crippen LogP contribution in [-0.2, 0) is 0 Å². The number of nitrogens with zero attached hydrogens (tertiary/aromatic N) is 3. The average molecular weight is 397 g/mol. The molecule has 0 aliphatic carbocycles. The molecule has 4 aromatic rings. The van der Waals surface area contributed by atoms with Gasteiger partial charge in [-0.2, -0.15) is 4.98 Å². The highest BCUT2D eigenvalue weighted by Crippen LogP contribution is 2.28. The number of hydrogen-bond donors (Lipinski definition) is 1. The number of fused-ring (bicyclic) bond motifs is 1. The Morgan fingerprint density at radius 1 is 1.07 bits per heavy atom. The molecule has 7 heteroatoms. The molecule has 0 aliphatic heterocycles. The van der Waals surface area contributed by atoms with Gasteiger partial charge in [0.1, 0.15) is 11.0 Å². The van der Waals surface area contributed by atoms with Gasteiger partial charge < -0.3 is 5.32 Å². The van der Waals surface area contributed by atoms with Crippen LogP contribution in [0.1, 0.15) is 16.7 Å². The van der Waals surface area contributed by atoms with E-state index in [0.717, 1.165) is 11.3 Å². The topological polar surface area (TPSA) is 59.8 Å². The third kappa shape index (κ3) is 3.22. The summed E-state index contributed by atoms with van der Waals surface area (Å²) in [5, 5.41) is 4.41. The van der Waals surface area contributed by atoms with Crippen LogP contribution < -0.4 is 10.9 Å². The lowest BCUT2D eigenvalue weighted by molar-refractivity contribution is 0.952. The first kappa shape index (κ1) is 17.7. The summed E-state index contributed by atoms with van der Waals surface area (Å²) in [5.41, 5.74) is 5.15. The summed E-state index contributed by atoms with van der Waals surface area (Å²) < 4.78 is 1.97. The highest BCUT2D eigenvalue weighted by molar-refractivity contribution is 7.22. The molecular weight excluding hydrogens is 380 g/mol. The number of rotatable bonds is 3. The van der Waals surface area contributed by atoms with E-state index in [1.165, 1.54) is 33.4 Å². The third-order valence-corrected chi connectivity index (χ3v) is 5.76. The summed E-state index contributed by atoms with van der Waals surface area (Å²) in [6, 6.07) is 11.6. The predicted molar refractivity (Wildman–Crippen MR) is 112 cm³/mol. The second kappa shape index (κ2) is 6.79. The molecule has 136 valence electrons. The number of anilines is 2. The maximum Gasteiger partial charge on any atom is 0.277 e. The summed E-state index contributed by atoms with van der Waals surface area (Å²) in [6.45, 7) is 6.04. The van der Waals surface area contributed by atoms with Crippen molar-refractivity contribution in [2.75, 3.05) is 5.32 Å². The van der Waals surface area contributed by atoms with Crippen molar-refractivity contribution in [2.24, 2.45) is 0 Å². The smallest absolute Gasteiger partial charge is 0.277 e. The molecule has 2 heterocycles. The van der Waals surface area contributed by atoms with Crippen molar-refractivity contribution >= 4 is 44.1 Å². The first-order valence-electron chi connectivity index (χ1n) is 8.42. The fourth-order valence-electron chi connectivity index (χ4n) is 2.90. The molecule has 0 amide bonds. The standard InChI is InChI=1S/C20H17ClN4OS/c1-11-7-8-14(9-13(11)3)23-20-24-18-17(27-20)19(26)25(10-22-18)16-12(2)5-4-6-15(16)21/h4-10H,1-3H3,(H,23,24). The van der Waals surface area contributed by atoms with Crippen molar-refractivity contribution in [2.45, 2.75) is 20.8 Å². The number of aromatic nitrogens is 3. The Hall–Kier alpha value is -2.70. The Morgan fingerprint density at radius 2 is 1.89 bits per heavy atom. The number of thiazole rings is 1. The lowest BCUT2D eigenvalue weighted by Gasteiger charge is -2.10. The number of nitrogens with one attached hydrogen (secondary N) is 1. The zero-order chi connectivity index (χ0) is 19.1. The summed E-state index contributed by atoms with van der Waals surface area (Å²) in [7, 11) is 0. The first-order valence-corrected chi connectivity index (χ1v) is 9.61. The van der Waals surface area contributed by atoms with Gasteiger partial charge in [-0.15, -0.1) is 0 Å². The van der Waals surface area contributed by atoms with Gasteiger partial charge in [-0.05, 0) is 55.7 Å². The second-order valence-electron chi connectivity index (χ2n) is 6.42.